The van der Waals surface area contributed by atoms with E-state index in [-0.39, 0.29) is 30.4 Å². The normalized spacial score (nSPS) is 10.9. The van der Waals surface area contributed by atoms with E-state index in [2.05, 4.69) is 4.98 Å². The largest absolute Gasteiger partial charge is 0.356 e. The van der Waals surface area contributed by atoms with Crippen LogP contribution < -0.4 is 11.2 Å². The minimum Gasteiger partial charge on any atom is -0.356 e. The summed E-state index contributed by atoms with van der Waals surface area (Å²) in [6.45, 7) is 5.73. The summed E-state index contributed by atoms with van der Waals surface area (Å²) in [4.78, 5) is 40.5. The second kappa shape index (κ2) is 8.84. The summed E-state index contributed by atoms with van der Waals surface area (Å²) in [5.41, 5.74) is 2.42. The van der Waals surface area contributed by atoms with E-state index in [0.29, 0.717) is 12.0 Å². The van der Waals surface area contributed by atoms with E-state index in [1.165, 1.54) is 4.57 Å². The van der Waals surface area contributed by atoms with Gasteiger partial charge in [-0.25, -0.2) is 4.79 Å². The average Bonchev–Trinajstić information content (AvgIpc) is 2.68. The third-order valence-corrected chi connectivity index (χ3v) is 4.68. The highest BCUT2D eigenvalue weighted by atomic mass is 16.5. The Bertz CT molecular complexity index is 1120. The van der Waals surface area contributed by atoms with Gasteiger partial charge in [-0.2, -0.15) is 0 Å². The fourth-order valence-corrected chi connectivity index (χ4v) is 3.39. The Morgan fingerprint density at radius 1 is 1.03 bits per heavy atom. The van der Waals surface area contributed by atoms with Crippen LogP contribution in [0.4, 0.5) is 0 Å². The van der Waals surface area contributed by atoms with Crippen LogP contribution in [-0.4, -0.2) is 15.3 Å². The van der Waals surface area contributed by atoms with Gasteiger partial charge in [0.25, 0.3) is 5.56 Å². The molecule has 3 aromatic rings. The molecule has 6 heteroatoms. The van der Waals surface area contributed by atoms with Gasteiger partial charge in [-0.15, -0.1) is 0 Å². The van der Waals surface area contributed by atoms with Gasteiger partial charge in [0, 0.05) is 11.1 Å². The van der Waals surface area contributed by atoms with Crippen LogP contribution in [0, 0.1) is 13.8 Å². The molecule has 0 spiro atoms. The van der Waals surface area contributed by atoms with Crippen molar-refractivity contribution in [2.45, 2.75) is 40.5 Å². The molecular formula is C23H24N2O4. The van der Waals surface area contributed by atoms with Gasteiger partial charge in [-0.05, 0) is 38.0 Å². The monoisotopic (exact) mass is 392 g/mol. The summed E-state index contributed by atoms with van der Waals surface area (Å²) in [7, 11) is 0. The fourth-order valence-electron chi connectivity index (χ4n) is 3.39. The minimum atomic E-state index is -0.659. The van der Waals surface area contributed by atoms with Crippen LogP contribution in [0.3, 0.4) is 0 Å². The van der Waals surface area contributed by atoms with Crippen LogP contribution in [0.1, 0.15) is 45.2 Å². The molecule has 0 saturated heterocycles. The number of hydrogen-bond donors (Lipinski definition) is 1. The van der Waals surface area contributed by atoms with E-state index >= 15 is 0 Å². The summed E-state index contributed by atoms with van der Waals surface area (Å²) in [6.07, 6.45) is 0.320. The van der Waals surface area contributed by atoms with Crippen molar-refractivity contribution in [3.63, 3.8) is 0 Å². The Labute approximate surface area is 168 Å². The predicted octanol–water partition coefficient (Wildman–Crippen LogP) is 3.12. The molecule has 0 fully saturated rings. The Morgan fingerprint density at radius 2 is 1.69 bits per heavy atom. The summed E-state index contributed by atoms with van der Waals surface area (Å²) in [6, 6.07) is 15.0. The first kappa shape index (κ1) is 20.5. The van der Waals surface area contributed by atoms with Crippen LogP contribution in [-0.2, 0) is 24.5 Å². The number of nitrogens with zero attached hydrogens (tertiary/aromatic N) is 1. The number of ether oxygens (including phenoxy) is 1. The number of aromatic amines is 1. The lowest BCUT2D eigenvalue weighted by molar-refractivity contribution is 0.0578. The number of carbonyl (C=O) groups is 1. The number of hydrogen-bond acceptors (Lipinski definition) is 4. The van der Waals surface area contributed by atoms with Gasteiger partial charge < -0.3 is 4.74 Å². The molecule has 1 aromatic heterocycles. The van der Waals surface area contributed by atoms with Crippen molar-refractivity contribution in [1.29, 1.82) is 0 Å². The Morgan fingerprint density at radius 3 is 2.31 bits per heavy atom. The first-order valence-electron chi connectivity index (χ1n) is 9.51. The van der Waals surface area contributed by atoms with E-state index < -0.39 is 11.2 Å². The fraction of sp³-hybridized carbons (Fsp3) is 0.261. The molecule has 29 heavy (non-hydrogen) atoms. The predicted molar refractivity (Wildman–Crippen MR) is 111 cm³/mol. The molecule has 0 aliphatic carbocycles. The molecule has 6 nitrogen and oxygen atoms in total. The smallest absolute Gasteiger partial charge is 0.330 e. The molecule has 1 N–H and O–H groups in total. The zero-order valence-electron chi connectivity index (χ0n) is 16.8. The molecule has 150 valence electrons. The van der Waals surface area contributed by atoms with Crippen molar-refractivity contribution < 1.29 is 9.53 Å². The third-order valence-electron chi connectivity index (χ3n) is 4.68. The lowest BCUT2D eigenvalue weighted by Gasteiger charge is -2.15. The standard InChI is InChI=1S/C23H24N2O4/c1-4-19-20(21(26)18-11-15(2)10-16(3)12-18)25(23(28)24-22(19)27)14-29-13-17-8-6-5-7-9-17/h5-12H,4,13-14H2,1-3H3,(H,24,27,28). The van der Waals surface area contributed by atoms with Gasteiger partial charge >= 0.3 is 5.69 Å². The second-order valence-corrected chi connectivity index (χ2v) is 7.04. The number of aromatic nitrogens is 2. The molecule has 0 aliphatic rings. The maximum absolute atomic E-state index is 13.3. The maximum atomic E-state index is 13.3. The van der Waals surface area contributed by atoms with Gasteiger partial charge in [0.1, 0.15) is 12.4 Å². The molecule has 0 atom stereocenters. The van der Waals surface area contributed by atoms with Crippen molar-refractivity contribution >= 4 is 5.78 Å². The van der Waals surface area contributed by atoms with E-state index in [0.717, 1.165) is 16.7 Å². The Balaban J connectivity index is 2.02. The topological polar surface area (TPSA) is 81.2 Å². The minimum absolute atomic E-state index is 0.0827. The average molecular weight is 392 g/mol. The molecular weight excluding hydrogens is 368 g/mol. The van der Waals surface area contributed by atoms with Crippen LogP contribution >= 0.6 is 0 Å². The first-order chi connectivity index (χ1) is 13.9. The van der Waals surface area contributed by atoms with Crippen LogP contribution in [0.15, 0.2) is 58.1 Å². The number of rotatable bonds is 7. The van der Waals surface area contributed by atoms with Gasteiger partial charge in [0.2, 0.25) is 5.78 Å². The summed E-state index contributed by atoms with van der Waals surface area (Å²) >= 11 is 0. The number of benzene rings is 2. The summed E-state index contributed by atoms with van der Waals surface area (Å²) < 4.78 is 6.90. The SMILES string of the molecule is CCc1c(C(=O)c2cc(C)cc(C)c2)n(COCc2ccccc2)c(=O)[nH]c1=O. The van der Waals surface area contributed by atoms with E-state index in [1.807, 2.05) is 50.2 Å². The summed E-state index contributed by atoms with van der Waals surface area (Å²) in [5, 5.41) is 0. The van der Waals surface area contributed by atoms with Crippen LogP contribution in [0.5, 0.6) is 0 Å². The molecule has 0 unspecified atom stereocenters. The van der Waals surface area contributed by atoms with Crippen molar-refractivity contribution in [1.82, 2.24) is 9.55 Å². The number of carbonyl (C=O) groups excluding carboxylic acids is 1. The van der Waals surface area contributed by atoms with Crippen molar-refractivity contribution in [3.8, 4) is 0 Å². The lowest BCUT2D eigenvalue weighted by atomic mass is 9.99. The highest BCUT2D eigenvalue weighted by molar-refractivity contribution is 6.09. The number of aryl methyl sites for hydroxylation is 2. The molecule has 0 bridgehead atoms. The van der Waals surface area contributed by atoms with Crippen molar-refractivity contribution in [3.05, 3.63) is 103 Å². The highest BCUT2D eigenvalue weighted by Gasteiger charge is 2.22. The summed E-state index contributed by atoms with van der Waals surface area (Å²) in [5.74, 6) is -0.361. The van der Waals surface area contributed by atoms with E-state index in [9.17, 15) is 14.4 Å². The Kier molecular flexibility index (Phi) is 6.24. The third kappa shape index (κ3) is 4.60. The zero-order chi connectivity index (χ0) is 21.0. The molecule has 0 amide bonds. The lowest BCUT2D eigenvalue weighted by Crippen LogP contribution is -2.37. The number of nitrogens with one attached hydrogen (secondary N) is 1. The van der Waals surface area contributed by atoms with Crippen LogP contribution in [0.25, 0.3) is 0 Å². The van der Waals surface area contributed by atoms with Gasteiger partial charge in [-0.1, -0.05) is 54.4 Å². The quantitative estimate of drug-likeness (QED) is 0.627. The number of ketones is 1. The first-order valence-corrected chi connectivity index (χ1v) is 9.51. The van der Waals surface area contributed by atoms with Gasteiger partial charge in [-0.3, -0.25) is 19.1 Å². The van der Waals surface area contributed by atoms with E-state index in [4.69, 9.17) is 4.74 Å². The zero-order valence-corrected chi connectivity index (χ0v) is 16.8. The molecule has 0 radical (unpaired) electrons. The molecule has 0 saturated carbocycles. The second-order valence-electron chi connectivity index (χ2n) is 7.04. The molecule has 0 aliphatic heterocycles. The highest BCUT2D eigenvalue weighted by Crippen LogP contribution is 2.16. The van der Waals surface area contributed by atoms with Crippen LogP contribution in [0.2, 0.25) is 0 Å². The molecule has 1 heterocycles. The van der Waals surface area contributed by atoms with Crippen molar-refractivity contribution in [2.75, 3.05) is 0 Å². The molecule has 3 rings (SSSR count). The maximum Gasteiger partial charge on any atom is 0.330 e. The number of H-pyrrole nitrogens is 1. The van der Waals surface area contributed by atoms with Crippen molar-refractivity contribution in [2.24, 2.45) is 0 Å². The van der Waals surface area contributed by atoms with Gasteiger partial charge in [0.15, 0.2) is 0 Å². The van der Waals surface area contributed by atoms with Gasteiger partial charge in [0.05, 0.1) is 6.61 Å². The molecule has 2 aromatic carbocycles. The Hall–Kier alpha value is -3.25. The van der Waals surface area contributed by atoms with E-state index in [1.54, 1.807) is 19.1 Å².